The molecule has 2 rings (SSSR count). The van der Waals surface area contributed by atoms with Crippen LogP contribution in [0.3, 0.4) is 0 Å². The fraction of sp³-hybridized carbons (Fsp3) is 0.200. The third kappa shape index (κ3) is 2.80. The quantitative estimate of drug-likeness (QED) is 0.675. The number of thiazole rings is 1. The molecule has 17 heavy (non-hydrogen) atoms. The molecule has 1 unspecified atom stereocenters. The summed E-state index contributed by atoms with van der Waals surface area (Å²) in [5.74, 6) is -0.308. The number of anilines is 1. The van der Waals surface area contributed by atoms with Gasteiger partial charge in [0.25, 0.3) is 5.91 Å². The second kappa shape index (κ2) is 5.08. The number of hydrogen-bond acceptors (Lipinski definition) is 4. The van der Waals surface area contributed by atoms with Crippen LogP contribution < -0.4 is 10.9 Å². The number of benzene rings is 1. The van der Waals surface area contributed by atoms with E-state index in [0.29, 0.717) is 10.2 Å². The van der Waals surface area contributed by atoms with Crippen molar-refractivity contribution in [1.82, 2.24) is 10.4 Å². The molecule has 7 heteroatoms. The molecule has 0 spiro atoms. The minimum atomic E-state index is -0.597. The lowest BCUT2D eigenvalue weighted by Crippen LogP contribution is -2.34. The Kier molecular flexibility index (Phi) is 3.71. The largest absolute Gasteiger partial charge is 0.273 e. The lowest BCUT2D eigenvalue weighted by atomic mass is 10.3. The Labute approximate surface area is 112 Å². The van der Waals surface area contributed by atoms with Gasteiger partial charge in [-0.2, -0.15) is 0 Å². The maximum Gasteiger partial charge on any atom is 0.256 e. The number of para-hydroxylation sites is 1. The molecule has 1 atom stereocenters. The van der Waals surface area contributed by atoms with Crippen molar-refractivity contribution in [3.63, 3.8) is 0 Å². The highest BCUT2D eigenvalue weighted by Gasteiger charge is 2.10. The molecule has 2 N–H and O–H groups in total. The predicted octanol–water partition coefficient (Wildman–Crippen LogP) is 3.02. The van der Waals surface area contributed by atoms with Crippen molar-refractivity contribution in [1.29, 1.82) is 0 Å². The summed E-state index contributed by atoms with van der Waals surface area (Å²) in [6.07, 6.45) is 0. The van der Waals surface area contributed by atoms with Gasteiger partial charge >= 0.3 is 0 Å². The number of carbonyl (C=O) groups is 1. The zero-order valence-corrected chi connectivity index (χ0v) is 11.2. The Morgan fingerprint density at radius 2 is 2.29 bits per heavy atom. The smallest absolute Gasteiger partial charge is 0.256 e. The molecule has 0 bridgehead atoms. The van der Waals surface area contributed by atoms with E-state index in [1.54, 1.807) is 13.0 Å². The summed E-state index contributed by atoms with van der Waals surface area (Å²) in [6.45, 7) is 1.59. The number of hydrogen-bond donors (Lipinski definition) is 2. The summed E-state index contributed by atoms with van der Waals surface area (Å²) in [5.41, 5.74) is 5.89. The van der Waals surface area contributed by atoms with E-state index in [0.717, 1.165) is 10.2 Å². The number of fused-ring (bicyclic) bond motifs is 1. The number of alkyl halides is 1. The Balaban J connectivity index is 2.15. The number of amides is 1. The molecule has 1 heterocycles. The van der Waals surface area contributed by atoms with Crippen LogP contribution in [0, 0.1) is 0 Å². The summed E-state index contributed by atoms with van der Waals surface area (Å²) in [7, 11) is 0. The first-order valence-electron chi connectivity index (χ1n) is 4.83. The monoisotopic (exact) mass is 289 g/mol. The molecule has 1 aromatic heterocycles. The average Bonchev–Trinajstić information content (AvgIpc) is 2.70. The van der Waals surface area contributed by atoms with Crippen molar-refractivity contribution in [3.8, 4) is 0 Å². The number of carbonyl (C=O) groups excluding carboxylic acids is 1. The van der Waals surface area contributed by atoms with Crippen LogP contribution in [0.4, 0.5) is 5.13 Å². The minimum absolute atomic E-state index is 0.308. The van der Waals surface area contributed by atoms with Gasteiger partial charge in [-0.3, -0.25) is 15.6 Å². The van der Waals surface area contributed by atoms with Gasteiger partial charge in [-0.25, -0.2) is 4.98 Å². The normalized spacial score (nSPS) is 12.4. The van der Waals surface area contributed by atoms with E-state index in [1.807, 2.05) is 12.1 Å². The van der Waals surface area contributed by atoms with Gasteiger partial charge in [0, 0.05) is 0 Å². The van der Waals surface area contributed by atoms with E-state index in [4.69, 9.17) is 23.2 Å². The molecular formula is C10H9Cl2N3OS. The van der Waals surface area contributed by atoms with Crippen LogP contribution in [0.25, 0.3) is 10.2 Å². The Morgan fingerprint density at radius 1 is 1.53 bits per heavy atom. The van der Waals surface area contributed by atoms with E-state index in [-0.39, 0.29) is 5.91 Å². The van der Waals surface area contributed by atoms with Crippen LogP contribution in [0.15, 0.2) is 18.2 Å². The van der Waals surface area contributed by atoms with Gasteiger partial charge < -0.3 is 0 Å². The summed E-state index contributed by atoms with van der Waals surface area (Å²) in [4.78, 5) is 15.5. The highest BCUT2D eigenvalue weighted by molar-refractivity contribution is 7.22. The number of nitrogens with one attached hydrogen (secondary N) is 2. The van der Waals surface area contributed by atoms with Crippen molar-refractivity contribution < 1.29 is 4.79 Å². The van der Waals surface area contributed by atoms with Gasteiger partial charge in [0.2, 0.25) is 5.13 Å². The van der Waals surface area contributed by atoms with Gasteiger partial charge in [-0.05, 0) is 19.1 Å². The van der Waals surface area contributed by atoms with Crippen molar-refractivity contribution >= 4 is 55.8 Å². The lowest BCUT2D eigenvalue weighted by Gasteiger charge is -2.05. The SMILES string of the molecule is CC(Cl)C(=O)NNc1nc2c(Cl)cccc2s1. The Hall–Kier alpha value is -1.04. The molecular weight excluding hydrogens is 281 g/mol. The van der Waals surface area contributed by atoms with E-state index < -0.39 is 5.38 Å². The maximum absolute atomic E-state index is 11.2. The van der Waals surface area contributed by atoms with Crippen molar-refractivity contribution in [2.24, 2.45) is 0 Å². The summed E-state index contributed by atoms with van der Waals surface area (Å²) in [5, 5.41) is 0.558. The molecule has 0 aliphatic rings. The Bertz CT molecular complexity index is 555. The fourth-order valence-corrected chi connectivity index (χ4v) is 2.36. The first-order valence-corrected chi connectivity index (χ1v) is 6.46. The Morgan fingerprint density at radius 3 is 2.94 bits per heavy atom. The molecule has 0 fully saturated rings. The topological polar surface area (TPSA) is 54.0 Å². The third-order valence-electron chi connectivity index (χ3n) is 2.02. The molecule has 0 saturated heterocycles. The summed E-state index contributed by atoms with van der Waals surface area (Å²) >= 11 is 13.0. The van der Waals surface area contributed by atoms with E-state index in [9.17, 15) is 4.79 Å². The number of hydrazine groups is 1. The molecule has 1 amide bonds. The molecule has 0 aliphatic carbocycles. The van der Waals surface area contributed by atoms with Crippen LogP contribution in [0.5, 0.6) is 0 Å². The van der Waals surface area contributed by atoms with Crippen LogP contribution in [-0.4, -0.2) is 16.3 Å². The summed E-state index contributed by atoms with van der Waals surface area (Å²) in [6, 6.07) is 5.54. The van der Waals surface area contributed by atoms with Gasteiger partial charge in [0.1, 0.15) is 10.9 Å². The fourth-order valence-electron chi connectivity index (χ4n) is 1.18. The lowest BCUT2D eigenvalue weighted by molar-refractivity contribution is -0.119. The minimum Gasteiger partial charge on any atom is -0.273 e. The van der Waals surface area contributed by atoms with Crippen LogP contribution >= 0.6 is 34.5 Å². The first-order chi connectivity index (χ1) is 8.08. The molecule has 4 nitrogen and oxygen atoms in total. The predicted molar refractivity (Wildman–Crippen MR) is 71.7 cm³/mol. The van der Waals surface area contributed by atoms with Crippen molar-refractivity contribution in [3.05, 3.63) is 23.2 Å². The summed E-state index contributed by atoms with van der Waals surface area (Å²) < 4.78 is 0.952. The van der Waals surface area contributed by atoms with Gasteiger partial charge in [0.05, 0.1) is 9.72 Å². The highest BCUT2D eigenvalue weighted by Crippen LogP contribution is 2.30. The molecule has 90 valence electrons. The van der Waals surface area contributed by atoms with Crippen LogP contribution in [0.2, 0.25) is 5.02 Å². The van der Waals surface area contributed by atoms with E-state index in [2.05, 4.69) is 15.8 Å². The molecule has 0 radical (unpaired) electrons. The number of aromatic nitrogens is 1. The standard InChI is InChI=1S/C10H9Cl2N3OS/c1-5(11)9(16)14-15-10-13-8-6(12)3-2-4-7(8)17-10/h2-5H,1H3,(H,13,15)(H,14,16). The van der Waals surface area contributed by atoms with Gasteiger partial charge in [0.15, 0.2) is 0 Å². The van der Waals surface area contributed by atoms with E-state index >= 15 is 0 Å². The second-order valence-electron chi connectivity index (χ2n) is 3.34. The van der Waals surface area contributed by atoms with Gasteiger partial charge in [-0.15, -0.1) is 11.6 Å². The van der Waals surface area contributed by atoms with Crippen LogP contribution in [0.1, 0.15) is 6.92 Å². The molecule has 0 aliphatic heterocycles. The number of halogens is 2. The third-order valence-corrected chi connectivity index (χ3v) is 3.46. The van der Waals surface area contributed by atoms with E-state index in [1.165, 1.54) is 11.3 Å². The molecule has 0 saturated carbocycles. The van der Waals surface area contributed by atoms with Crippen molar-refractivity contribution in [2.45, 2.75) is 12.3 Å². The van der Waals surface area contributed by atoms with Gasteiger partial charge in [-0.1, -0.05) is 29.0 Å². The average molecular weight is 290 g/mol. The zero-order chi connectivity index (χ0) is 12.4. The molecule has 2 aromatic rings. The maximum atomic E-state index is 11.2. The van der Waals surface area contributed by atoms with Crippen LogP contribution in [-0.2, 0) is 4.79 Å². The molecule has 1 aromatic carbocycles. The first kappa shape index (κ1) is 12.4. The highest BCUT2D eigenvalue weighted by atomic mass is 35.5. The second-order valence-corrected chi connectivity index (χ2v) is 5.43. The zero-order valence-electron chi connectivity index (χ0n) is 8.83. The van der Waals surface area contributed by atoms with Crippen molar-refractivity contribution in [2.75, 3.05) is 5.43 Å². The number of rotatable bonds is 3. The number of nitrogens with zero attached hydrogens (tertiary/aromatic N) is 1.